The zero-order valence-corrected chi connectivity index (χ0v) is 10.8. The van der Waals surface area contributed by atoms with Crippen molar-refractivity contribution < 1.29 is 9.59 Å². The van der Waals surface area contributed by atoms with Crippen LogP contribution in [0.5, 0.6) is 0 Å². The quantitative estimate of drug-likeness (QED) is 0.477. The van der Waals surface area contributed by atoms with E-state index in [4.69, 9.17) is 11.6 Å². The van der Waals surface area contributed by atoms with Gasteiger partial charge in [-0.2, -0.15) is 0 Å². The summed E-state index contributed by atoms with van der Waals surface area (Å²) in [6.45, 7) is 0. The Bertz CT molecular complexity index is 627. The van der Waals surface area contributed by atoms with Crippen LogP contribution in [0.3, 0.4) is 0 Å². The molecule has 0 bridgehead atoms. The van der Waals surface area contributed by atoms with Crippen LogP contribution in [-0.4, -0.2) is 12.1 Å². The number of hydrogen-bond donors (Lipinski definition) is 0. The molecule has 0 saturated heterocycles. The van der Waals surface area contributed by atoms with Crippen molar-refractivity contribution >= 4 is 29.7 Å². The van der Waals surface area contributed by atoms with Crippen molar-refractivity contribution in [2.45, 2.75) is 0 Å². The van der Waals surface area contributed by atoms with Crippen LogP contribution in [0, 0.1) is 0 Å². The molecule has 94 valence electrons. The zero-order chi connectivity index (χ0) is 13.7. The first-order chi connectivity index (χ1) is 9.20. The van der Waals surface area contributed by atoms with Gasteiger partial charge in [-0.1, -0.05) is 41.9 Å². The second-order valence-electron chi connectivity index (χ2n) is 3.95. The highest BCUT2D eigenvalue weighted by Gasteiger charge is 2.02. The van der Waals surface area contributed by atoms with E-state index < -0.39 is 0 Å². The molecule has 19 heavy (non-hydrogen) atoms. The van der Waals surface area contributed by atoms with Gasteiger partial charge in [0.1, 0.15) is 0 Å². The molecule has 0 N–H and O–H groups in total. The maximum atomic E-state index is 11.9. The molecule has 0 unspecified atom stereocenters. The molecule has 0 aliphatic heterocycles. The Morgan fingerprint density at radius 3 is 2.21 bits per heavy atom. The second kappa shape index (κ2) is 6.12. The molecule has 0 heterocycles. The largest absolute Gasteiger partial charge is 0.298 e. The average Bonchev–Trinajstić information content (AvgIpc) is 2.45. The van der Waals surface area contributed by atoms with Crippen LogP contribution in [0.4, 0.5) is 0 Å². The van der Waals surface area contributed by atoms with Gasteiger partial charge in [-0.05, 0) is 35.9 Å². The van der Waals surface area contributed by atoms with E-state index in [2.05, 4.69) is 0 Å². The predicted octanol–water partition coefficient (Wildman–Crippen LogP) is 4.05. The number of rotatable bonds is 4. The van der Waals surface area contributed by atoms with Crippen LogP contribution >= 0.6 is 11.6 Å². The molecule has 0 amide bonds. The van der Waals surface area contributed by atoms with Crippen LogP contribution in [-0.2, 0) is 0 Å². The molecule has 2 nitrogen and oxygen atoms in total. The molecule has 0 fully saturated rings. The third kappa shape index (κ3) is 3.39. The summed E-state index contributed by atoms with van der Waals surface area (Å²) in [7, 11) is 0. The monoisotopic (exact) mass is 270 g/mol. The summed E-state index contributed by atoms with van der Waals surface area (Å²) in [5, 5.41) is 0.590. The Balaban J connectivity index is 2.20. The molecule has 0 radical (unpaired) electrons. The first-order valence-corrected chi connectivity index (χ1v) is 6.10. The second-order valence-corrected chi connectivity index (χ2v) is 4.39. The van der Waals surface area contributed by atoms with Gasteiger partial charge in [0, 0.05) is 16.1 Å². The summed E-state index contributed by atoms with van der Waals surface area (Å²) >= 11 is 5.76. The predicted molar refractivity (Wildman–Crippen MR) is 76.6 cm³/mol. The van der Waals surface area contributed by atoms with Gasteiger partial charge in [-0.25, -0.2) is 0 Å². The van der Waals surface area contributed by atoms with Crippen molar-refractivity contribution in [3.8, 4) is 0 Å². The van der Waals surface area contributed by atoms with Crippen LogP contribution < -0.4 is 0 Å². The van der Waals surface area contributed by atoms with E-state index in [0.717, 1.165) is 11.8 Å². The summed E-state index contributed by atoms with van der Waals surface area (Å²) in [5.41, 5.74) is 1.84. The third-order valence-electron chi connectivity index (χ3n) is 2.67. The number of allylic oxidation sites excluding steroid dienone is 1. The highest BCUT2D eigenvalue weighted by molar-refractivity contribution is 6.30. The van der Waals surface area contributed by atoms with Crippen molar-refractivity contribution in [3.63, 3.8) is 0 Å². The number of hydrogen-bond acceptors (Lipinski definition) is 2. The van der Waals surface area contributed by atoms with Crippen LogP contribution in [0.1, 0.15) is 26.3 Å². The molecule has 0 saturated carbocycles. The number of carbonyl (C=O) groups is 2. The van der Waals surface area contributed by atoms with Gasteiger partial charge < -0.3 is 0 Å². The Morgan fingerprint density at radius 2 is 1.58 bits per heavy atom. The number of benzene rings is 2. The molecule has 0 spiro atoms. The van der Waals surface area contributed by atoms with E-state index >= 15 is 0 Å². The zero-order valence-electron chi connectivity index (χ0n) is 10.0. The van der Waals surface area contributed by atoms with Crippen molar-refractivity contribution in [2.75, 3.05) is 0 Å². The lowest BCUT2D eigenvalue weighted by atomic mass is 10.1. The summed E-state index contributed by atoms with van der Waals surface area (Å²) in [5.74, 6) is -0.127. The molecule has 0 aliphatic rings. The summed E-state index contributed by atoms with van der Waals surface area (Å²) in [4.78, 5) is 22.8. The molecule has 2 aromatic carbocycles. The Labute approximate surface area is 116 Å². The first-order valence-electron chi connectivity index (χ1n) is 5.73. The molecule has 0 aromatic heterocycles. The standard InChI is InChI=1S/C16H11ClO2/c17-15-8-5-13(6-9-15)16(19)10-7-12-3-1-2-4-14(12)11-18/h1-11H/b10-7+. The van der Waals surface area contributed by atoms with Gasteiger partial charge in [0.15, 0.2) is 12.1 Å². The fourth-order valence-corrected chi connectivity index (χ4v) is 1.77. The average molecular weight is 271 g/mol. The lowest BCUT2D eigenvalue weighted by Crippen LogP contribution is -1.93. The first kappa shape index (κ1) is 13.2. The summed E-state index contributed by atoms with van der Waals surface area (Å²) < 4.78 is 0. The van der Waals surface area contributed by atoms with Crippen LogP contribution in [0.2, 0.25) is 5.02 Å². The van der Waals surface area contributed by atoms with Crippen LogP contribution in [0.25, 0.3) is 6.08 Å². The van der Waals surface area contributed by atoms with Gasteiger partial charge >= 0.3 is 0 Å². The number of halogens is 1. The molecule has 2 aromatic rings. The van der Waals surface area contributed by atoms with E-state index in [0.29, 0.717) is 16.1 Å². The van der Waals surface area contributed by atoms with E-state index in [1.54, 1.807) is 48.5 Å². The normalized spacial score (nSPS) is 10.6. The lowest BCUT2D eigenvalue weighted by molar-refractivity contribution is 0.104. The fourth-order valence-electron chi connectivity index (χ4n) is 1.65. The third-order valence-corrected chi connectivity index (χ3v) is 2.92. The Hall–Kier alpha value is -2.19. The molecular formula is C16H11ClO2. The lowest BCUT2D eigenvalue weighted by Gasteiger charge is -1.98. The van der Waals surface area contributed by atoms with Gasteiger partial charge in [0.2, 0.25) is 0 Å². The topological polar surface area (TPSA) is 34.1 Å². The summed E-state index contributed by atoms with van der Waals surface area (Å²) in [6.07, 6.45) is 3.86. The Morgan fingerprint density at radius 1 is 0.947 bits per heavy atom. The minimum absolute atomic E-state index is 0.127. The number of ketones is 1. The fraction of sp³-hybridized carbons (Fsp3) is 0. The van der Waals surface area contributed by atoms with Crippen molar-refractivity contribution in [1.82, 2.24) is 0 Å². The van der Waals surface area contributed by atoms with Gasteiger partial charge in [-0.3, -0.25) is 9.59 Å². The minimum Gasteiger partial charge on any atom is -0.298 e. The van der Waals surface area contributed by atoms with Crippen LogP contribution in [0.15, 0.2) is 54.6 Å². The minimum atomic E-state index is -0.127. The van der Waals surface area contributed by atoms with Crippen molar-refractivity contribution in [3.05, 3.63) is 76.3 Å². The highest BCUT2D eigenvalue weighted by atomic mass is 35.5. The SMILES string of the molecule is O=Cc1ccccc1/C=C/C(=O)c1ccc(Cl)cc1. The molecular weight excluding hydrogens is 260 g/mol. The molecule has 0 aliphatic carbocycles. The van der Waals surface area contributed by atoms with Crippen molar-refractivity contribution in [1.29, 1.82) is 0 Å². The van der Waals surface area contributed by atoms with E-state index in [9.17, 15) is 9.59 Å². The summed E-state index contributed by atoms with van der Waals surface area (Å²) in [6, 6.07) is 13.8. The van der Waals surface area contributed by atoms with Gasteiger partial charge in [-0.15, -0.1) is 0 Å². The van der Waals surface area contributed by atoms with E-state index in [1.165, 1.54) is 6.08 Å². The highest BCUT2D eigenvalue weighted by Crippen LogP contribution is 2.12. The van der Waals surface area contributed by atoms with E-state index in [1.807, 2.05) is 6.07 Å². The number of carbonyl (C=O) groups excluding carboxylic acids is 2. The molecule has 3 heteroatoms. The van der Waals surface area contributed by atoms with E-state index in [-0.39, 0.29) is 5.78 Å². The number of aldehydes is 1. The smallest absolute Gasteiger partial charge is 0.185 e. The van der Waals surface area contributed by atoms with Gasteiger partial charge in [0.25, 0.3) is 0 Å². The molecule has 0 atom stereocenters. The van der Waals surface area contributed by atoms with Crippen molar-refractivity contribution in [2.24, 2.45) is 0 Å². The molecule has 2 rings (SSSR count). The maximum absolute atomic E-state index is 11.9. The van der Waals surface area contributed by atoms with Gasteiger partial charge in [0.05, 0.1) is 0 Å². The Kier molecular flexibility index (Phi) is 4.26. The maximum Gasteiger partial charge on any atom is 0.185 e.